The number of benzene rings is 2. The van der Waals surface area contributed by atoms with E-state index in [2.05, 4.69) is 17.2 Å². The molecule has 0 saturated heterocycles. The van der Waals surface area contributed by atoms with Crippen LogP contribution in [-0.4, -0.2) is 42.3 Å². The number of carbonyl (C=O) groups excluding carboxylic acids is 3. The van der Waals surface area contributed by atoms with Gasteiger partial charge in [0, 0.05) is 0 Å². The van der Waals surface area contributed by atoms with Crippen LogP contribution in [0.25, 0.3) is 0 Å². The number of hydrogen-bond donors (Lipinski definition) is 1. The van der Waals surface area contributed by atoms with E-state index < -0.39 is 36.0 Å². The van der Waals surface area contributed by atoms with Crippen LogP contribution in [0.3, 0.4) is 0 Å². The van der Waals surface area contributed by atoms with Crippen molar-refractivity contribution in [3.8, 4) is 17.6 Å². The maximum absolute atomic E-state index is 12.6. The van der Waals surface area contributed by atoms with E-state index in [9.17, 15) is 27.6 Å². The Kier molecular flexibility index (Phi) is 6.06. The van der Waals surface area contributed by atoms with Gasteiger partial charge in [-0.15, -0.1) is 0 Å². The van der Waals surface area contributed by atoms with Gasteiger partial charge in [-0.2, -0.15) is 13.2 Å². The van der Waals surface area contributed by atoms with Gasteiger partial charge >= 0.3 is 6.18 Å². The number of carbonyl (C=O) groups is 3. The Morgan fingerprint density at radius 2 is 1.67 bits per heavy atom. The fraction of sp³-hybridized carbons (Fsp3) is 0.190. The number of nitrogens with one attached hydrogen (secondary N) is 1. The molecule has 0 spiro atoms. The van der Waals surface area contributed by atoms with Crippen LogP contribution in [0, 0.1) is 11.8 Å². The average Bonchev–Trinajstić information content (AvgIpc) is 2.95. The summed E-state index contributed by atoms with van der Waals surface area (Å²) in [6.45, 7) is -0.682. The quantitative estimate of drug-likeness (QED) is 0.600. The van der Waals surface area contributed by atoms with Gasteiger partial charge in [0.2, 0.25) is 5.91 Å². The Morgan fingerprint density at radius 1 is 1.00 bits per heavy atom. The summed E-state index contributed by atoms with van der Waals surface area (Å²) < 4.78 is 43.0. The molecule has 9 heteroatoms. The second kappa shape index (κ2) is 8.69. The molecule has 3 amide bonds. The summed E-state index contributed by atoms with van der Waals surface area (Å²) in [4.78, 5) is 37.2. The van der Waals surface area contributed by atoms with Gasteiger partial charge in [-0.05, 0) is 30.3 Å². The zero-order valence-electron chi connectivity index (χ0n) is 15.5. The van der Waals surface area contributed by atoms with Crippen molar-refractivity contribution in [3.63, 3.8) is 0 Å². The van der Waals surface area contributed by atoms with Crippen LogP contribution >= 0.6 is 0 Å². The highest BCUT2D eigenvalue weighted by atomic mass is 19.4. The van der Waals surface area contributed by atoms with Crippen LogP contribution in [0.15, 0.2) is 48.5 Å². The number of ether oxygens (including phenoxy) is 1. The molecule has 1 aliphatic rings. The molecule has 2 aromatic carbocycles. The summed E-state index contributed by atoms with van der Waals surface area (Å²) in [5, 5.41) is 2.44. The highest BCUT2D eigenvalue weighted by Gasteiger charge is 2.36. The second-order valence-corrected chi connectivity index (χ2v) is 6.19. The maximum atomic E-state index is 12.6. The molecule has 2 aromatic rings. The largest absolute Gasteiger partial charge is 0.481 e. The topological polar surface area (TPSA) is 75.7 Å². The molecule has 30 heavy (non-hydrogen) atoms. The van der Waals surface area contributed by atoms with Crippen molar-refractivity contribution in [2.75, 3.05) is 19.7 Å². The van der Waals surface area contributed by atoms with Gasteiger partial charge in [-0.25, -0.2) is 0 Å². The molecule has 0 fully saturated rings. The molecular formula is C21H15F3N2O4. The minimum atomic E-state index is -4.46. The van der Waals surface area contributed by atoms with Gasteiger partial charge < -0.3 is 10.1 Å². The first-order chi connectivity index (χ1) is 14.3. The van der Waals surface area contributed by atoms with Crippen molar-refractivity contribution in [2.24, 2.45) is 0 Å². The lowest BCUT2D eigenvalue weighted by molar-refractivity contribution is -0.137. The first-order valence-electron chi connectivity index (χ1n) is 8.75. The predicted octanol–water partition coefficient (Wildman–Crippen LogP) is 2.50. The number of rotatable bonds is 5. The van der Waals surface area contributed by atoms with Crippen molar-refractivity contribution in [1.82, 2.24) is 10.2 Å². The molecule has 0 atom stereocenters. The molecule has 3 rings (SSSR count). The van der Waals surface area contributed by atoms with Gasteiger partial charge in [0.05, 0.1) is 23.2 Å². The van der Waals surface area contributed by atoms with E-state index in [4.69, 9.17) is 4.74 Å². The van der Waals surface area contributed by atoms with Gasteiger partial charge in [-0.3, -0.25) is 19.3 Å². The number of halogens is 3. The summed E-state index contributed by atoms with van der Waals surface area (Å²) in [7, 11) is 0. The number of nitrogens with zero attached hydrogens (tertiary/aromatic N) is 1. The van der Waals surface area contributed by atoms with Crippen molar-refractivity contribution >= 4 is 17.7 Å². The summed E-state index contributed by atoms with van der Waals surface area (Å²) in [5.74, 6) is 3.51. The van der Waals surface area contributed by atoms with Crippen LogP contribution in [0.1, 0.15) is 26.3 Å². The molecule has 0 saturated carbocycles. The smallest absolute Gasteiger partial charge is 0.416 e. The van der Waals surface area contributed by atoms with Crippen molar-refractivity contribution in [1.29, 1.82) is 0 Å². The third-order valence-corrected chi connectivity index (χ3v) is 4.15. The summed E-state index contributed by atoms with van der Waals surface area (Å²) >= 11 is 0. The second-order valence-electron chi connectivity index (χ2n) is 6.19. The Balaban J connectivity index is 1.44. The normalized spacial score (nSPS) is 12.8. The molecular weight excluding hydrogens is 401 g/mol. The summed E-state index contributed by atoms with van der Waals surface area (Å²) in [5.41, 5.74) is -0.322. The highest BCUT2D eigenvalue weighted by molar-refractivity contribution is 6.22. The molecule has 154 valence electrons. The highest BCUT2D eigenvalue weighted by Crippen LogP contribution is 2.31. The minimum absolute atomic E-state index is 0.0220. The lowest BCUT2D eigenvalue weighted by atomic mass is 10.1. The third-order valence-electron chi connectivity index (χ3n) is 4.15. The molecule has 1 aliphatic heterocycles. The van der Waals surface area contributed by atoms with Gasteiger partial charge in [0.1, 0.15) is 18.9 Å². The lowest BCUT2D eigenvalue weighted by Crippen LogP contribution is -2.40. The molecule has 0 aromatic heterocycles. The predicted molar refractivity (Wildman–Crippen MR) is 99.5 cm³/mol. The van der Waals surface area contributed by atoms with Gasteiger partial charge in [0.25, 0.3) is 11.8 Å². The molecule has 0 bridgehead atoms. The van der Waals surface area contributed by atoms with Crippen molar-refractivity contribution in [2.45, 2.75) is 6.18 Å². The van der Waals surface area contributed by atoms with E-state index in [-0.39, 0.29) is 30.0 Å². The Bertz CT molecular complexity index is 1020. The Hall–Kier alpha value is -3.80. The van der Waals surface area contributed by atoms with Crippen molar-refractivity contribution < 1.29 is 32.3 Å². The standard InChI is InChI=1S/C21H15F3N2O4/c22-21(23,24)14-6-5-7-15(12-14)30-11-4-3-10-25-18(27)13-26-19(28)16-8-1-2-9-17(16)20(26)29/h1-2,5-9,12H,10-11,13H2,(H,25,27). The fourth-order valence-electron chi connectivity index (χ4n) is 2.72. The Morgan fingerprint density at radius 3 is 2.30 bits per heavy atom. The maximum Gasteiger partial charge on any atom is 0.416 e. The first kappa shape index (κ1) is 20.9. The number of hydrogen-bond acceptors (Lipinski definition) is 4. The minimum Gasteiger partial charge on any atom is -0.481 e. The van der Waals surface area contributed by atoms with Crippen LogP contribution < -0.4 is 10.1 Å². The van der Waals surface area contributed by atoms with Gasteiger partial charge in [0.15, 0.2) is 0 Å². The zero-order chi connectivity index (χ0) is 21.7. The van der Waals surface area contributed by atoms with E-state index in [1.54, 1.807) is 12.1 Å². The molecule has 0 unspecified atom stereocenters. The summed E-state index contributed by atoms with van der Waals surface area (Å²) in [6.07, 6.45) is -4.46. The molecule has 1 N–H and O–H groups in total. The number of imide groups is 1. The Labute approximate surface area is 169 Å². The van der Waals surface area contributed by atoms with Crippen LogP contribution in [0.2, 0.25) is 0 Å². The number of amides is 3. The monoisotopic (exact) mass is 416 g/mol. The third kappa shape index (κ3) is 4.78. The lowest BCUT2D eigenvalue weighted by Gasteiger charge is -2.12. The molecule has 1 heterocycles. The van der Waals surface area contributed by atoms with Gasteiger partial charge in [-0.1, -0.05) is 30.0 Å². The van der Waals surface area contributed by atoms with Crippen LogP contribution in [0.5, 0.6) is 5.75 Å². The molecule has 0 radical (unpaired) electrons. The van der Waals surface area contributed by atoms with E-state index in [1.165, 1.54) is 24.3 Å². The van der Waals surface area contributed by atoms with Crippen LogP contribution in [0.4, 0.5) is 13.2 Å². The summed E-state index contributed by atoms with van der Waals surface area (Å²) in [6, 6.07) is 10.7. The molecule has 6 nitrogen and oxygen atoms in total. The van der Waals surface area contributed by atoms with E-state index >= 15 is 0 Å². The van der Waals surface area contributed by atoms with E-state index in [1.807, 2.05) is 0 Å². The van der Waals surface area contributed by atoms with Crippen LogP contribution in [-0.2, 0) is 11.0 Å². The fourth-order valence-corrected chi connectivity index (χ4v) is 2.72. The zero-order valence-corrected chi connectivity index (χ0v) is 15.5. The van der Waals surface area contributed by atoms with E-state index in [0.717, 1.165) is 17.0 Å². The average molecular weight is 416 g/mol. The molecule has 0 aliphatic carbocycles. The number of fused-ring (bicyclic) bond motifs is 1. The first-order valence-corrected chi connectivity index (χ1v) is 8.75. The van der Waals surface area contributed by atoms with Crippen molar-refractivity contribution in [3.05, 3.63) is 65.2 Å². The SMILES string of the molecule is O=C(CN1C(=O)c2ccccc2C1=O)NCC#CCOc1cccc(C(F)(F)F)c1. The number of alkyl halides is 3. The van der Waals surface area contributed by atoms with E-state index in [0.29, 0.717) is 0 Å².